The molecule has 0 bridgehead atoms. The van der Waals surface area contributed by atoms with Crippen LogP contribution in [0.3, 0.4) is 0 Å². The monoisotopic (exact) mass is 189 g/mol. The molecule has 3 nitrogen and oxygen atoms in total. The highest BCUT2D eigenvalue weighted by Gasteiger charge is 2.13. The fourth-order valence-corrected chi connectivity index (χ4v) is 1.00. The second kappa shape index (κ2) is 6.35. The Morgan fingerprint density at radius 2 is 1.77 bits per heavy atom. The number of aliphatic hydroxyl groups excluding tert-OH is 1. The molecule has 80 valence electrons. The van der Waals surface area contributed by atoms with E-state index in [0.29, 0.717) is 0 Å². The van der Waals surface area contributed by atoms with Gasteiger partial charge >= 0.3 is 0 Å². The van der Waals surface area contributed by atoms with Crippen LogP contribution in [-0.4, -0.2) is 48.5 Å². The minimum atomic E-state index is -0.288. The molecule has 0 aliphatic heterocycles. The summed E-state index contributed by atoms with van der Waals surface area (Å²) in [4.78, 5) is 2.10. The number of ether oxygens (including phenoxy) is 1. The van der Waals surface area contributed by atoms with Gasteiger partial charge in [0, 0.05) is 12.6 Å². The number of hydrogen-bond acceptors (Lipinski definition) is 3. The van der Waals surface area contributed by atoms with Gasteiger partial charge in [-0.1, -0.05) is 0 Å². The first-order chi connectivity index (χ1) is 5.95. The SMILES string of the molecule is CC(C)OCCN(C)C(C)C(C)O. The maximum Gasteiger partial charge on any atom is 0.0664 e. The van der Waals surface area contributed by atoms with E-state index in [0.717, 1.165) is 13.2 Å². The Morgan fingerprint density at radius 3 is 2.15 bits per heavy atom. The number of likely N-dealkylation sites (N-methyl/N-ethyl adjacent to an activating group) is 1. The van der Waals surface area contributed by atoms with Crippen LogP contribution in [0.4, 0.5) is 0 Å². The van der Waals surface area contributed by atoms with Gasteiger partial charge in [-0.05, 0) is 34.7 Å². The first-order valence-corrected chi connectivity index (χ1v) is 4.95. The molecule has 0 saturated carbocycles. The normalized spacial score (nSPS) is 16.6. The quantitative estimate of drug-likeness (QED) is 0.679. The van der Waals surface area contributed by atoms with Crippen molar-refractivity contribution in [3.05, 3.63) is 0 Å². The van der Waals surface area contributed by atoms with E-state index in [1.54, 1.807) is 0 Å². The molecule has 2 unspecified atom stereocenters. The van der Waals surface area contributed by atoms with Crippen molar-refractivity contribution in [2.45, 2.75) is 45.9 Å². The summed E-state index contributed by atoms with van der Waals surface area (Å²) in [5, 5.41) is 9.32. The van der Waals surface area contributed by atoms with Crippen LogP contribution in [0, 0.1) is 0 Å². The smallest absolute Gasteiger partial charge is 0.0664 e. The summed E-state index contributed by atoms with van der Waals surface area (Å²) >= 11 is 0. The van der Waals surface area contributed by atoms with Crippen molar-refractivity contribution < 1.29 is 9.84 Å². The molecule has 2 atom stereocenters. The Labute approximate surface area is 81.7 Å². The molecule has 0 aromatic carbocycles. The maximum atomic E-state index is 9.32. The van der Waals surface area contributed by atoms with Crippen LogP contribution >= 0.6 is 0 Å². The lowest BCUT2D eigenvalue weighted by Crippen LogP contribution is -2.39. The van der Waals surface area contributed by atoms with E-state index in [4.69, 9.17) is 4.74 Å². The summed E-state index contributed by atoms with van der Waals surface area (Å²) in [7, 11) is 2.00. The third-order valence-electron chi connectivity index (χ3n) is 2.29. The summed E-state index contributed by atoms with van der Waals surface area (Å²) in [5.74, 6) is 0. The third kappa shape index (κ3) is 6.02. The van der Waals surface area contributed by atoms with Crippen LogP contribution in [0.25, 0.3) is 0 Å². The fraction of sp³-hybridized carbons (Fsp3) is 1.00. The molecule has 0 amide bonds. The Kier molecular flexibility index (Phi) is 6.29. The zero-order valence-electron chi connectivity index (χ0n) is 9.45. The molecular formula is C10H23NO2. The Balaban J connectivity index is 3.55. The van der Waals surface area contributed by atoms with Gasteiger partial charge < -0.3 is 9.84 Å². The van der Waals surface area contributed by atoms with Crippen LogP contribution in [0.5, 0.6) is 0 Å². The molecule has 0 aromatic rings. The van der Waals surface area contributed by atoms with E-state index in [-0.39, 0.29) is 18.2 Å². The first kappa shape index (κ1) is 12.9. The van der Waals surface area contributed by atoms with Crippen LogP contribution in [0.1, 0.15) is 27.7 Å². The predicted octanol–water partition coefficient (Wildman–Crippen LogP) is 1.11. The fourth-order valence-electron chi connectivity index (χ4n) is 1.00. The van der Waals surface area contributed by atoms with Crippen molar-refractivity contribution in [2.24, 2.45) is 0 Å². The molecule has 0 rings (SSSR count). The third-order valence-corrected chi connectivity index (χ3v) is 2.29. The minimum absolute atomic E-state index is 0.191. The van der Waals surface area contributed by atoms with E-state index in [1.165, 1.54) is 0 Å². The number of nitrogens with zero attached hydrogens (tertiary/aromatic N) is 1. The Hall–Kier alpha value is -0.120. The molecular weight excluding hydrogens is 166 g/mol. The average molecular weight is 189 g/mol. The average Bonchev–Trinajstić information content (AvgIpc) is 2.02. The molecule has 13 heavy (non-hydrogen) atoms. The van der Waals surface area contributed by atoms with Gasteiger partial charge in [0.15, 0.2) is 0 Å². The number of rotatable bonds is 6. The van der Waals surface area contributed by atoms with Crippen molar-refractivity contribution in [1.82, 2.24) is 4.90 Å². The van der Waals surface area contributed by atoms with Crippen molar-refractivity contribution in [3.63, 3.8) is 0 Å². The Morgan fingerprint density at radius 1 is 1.23 bits per heavy atom. The van der Waals surface area contributed by atoms with E-state index >= 15 is 0 Å². The second-order valence-electron chi connectivity index (χ2n) is 3.88. The van der Waals surface area contributed by atoms with Crippen molar-refractivity contribution in [1.29, 1.82) is 0 Å². The van der Waals surface area contributed by atoms with Gasteiger partial charge in [-0.25, -0.2) is 0 Å². The Bertz CT molecular complexity index is 126. The van der Waals surface area contributed by atoms with Gasteiger partial charge in [-0.3, -0.25) is 4.90 Å². The lowest BCUT2D eigenvalue weighted by atomic mass is 10.2. The maximum absolute atomic E-state index is 9.32. The molecule has 3 heteroatoms. The number of aliphatic hydroxyl groups is 1. The van der Waals surface area contributed by atoms with E-state index in [2.05, 4.69) is 4.90 Å². The zero-order valence-corrected chi connectivity index (χ0v) is 9.45. The largest absolute Gasteiger partial charge is 0.392 e. The van der Waals surface area contributed by atoms with Crippen LogP contribution < -0.4 is 0 Å². The van der Waals surface area contributed by atoms with E-state index in [9.17, 15) is 5.11 Å². The van der Waals surface area contributed by atoms with Gasteiger partial charge in [-0.15, -0.1) is 0 Å². The predicted molar refractivity (Wildman–Crippen MR) is 54.9 cm³/mol. The second-order valence-corrected chi connectivity index (χ2v) is 3.88. The van der Waals surface area contributed by atoms with Gasteiger partial charge in [-0.2, -0.15) is 0 Å². The van der Waals surface area contributed by atoms with Crippen LogP contribution in [0.15, 0.2) is 0 Å². The van der Waals surface area contributed by atoms with Gasteiger partial charge in [0.05, 0.1) is 18.8 Å². The molecule has 0 aliphatic rings. The molecule has 0 aromatic heterocycles. The first-order valence-electron chi connectivity index (χ1n) is 4.95. The molecule has 0 spiro atoms. The highest BCUT2D eigenvalue weighted by Crippen LogP contribution is 2.01. The summed E-state index contributed by atoms with van der Waals surface area (Å²) in [6.07, 6.45) is -0.000642. The lowest BCUT2D eigenvalue weighted by molar-refractivity contribution is 0.0348. The summed E-state index contributed by atoms with van der Waals surface area (Å²) in [5.41, 5.74) is 0. The van der Waals surface area contributed by atoms with E-state index in [1.807, 2.05) is 34.7 Å². The van der Waals surface area contributed by atoms with Crippen LogP contribution in [0.2, 0.25) is 0 Å². The summed E-state index contributed by atoms with van der Waals surface area (Å²) in [6, 6.07) is 0.191. The van der Waals surface area contributed by atoms with Crippen molar-refractivity contribution in [2.75, 3.05) is 20.2 Å². The minimum Gasteiger partial charge on any atom is -0.392 e. The van der Waals surface area contributed by atoms with Gasteiger partial charge in [0.1, 0.15) is 0 Å². The topological polar surface area (TPSA) is 32.7 Å². The van der Waals surface area contributed by atoms with Crippen molar-refractivity contribution in [3.8, 4) is 0 Å². The molecule has 0 aliphatic carbocycles. The molecule has 0 fully saturated rings. The highest BCUT2D eigenvalue weighted by atomic mass is 16.5. The van der Waals surface area contributed by atoms with E-state index < -0.39 is 0 Å². The van der Waals surface area contributed by atoms with Gasteiger partial charge in [0.25, 0.3) is 0 Å². The zero-order chi connectivity index (χ0) is 10.4. The van der Waals surface area contributed by atoms with Gasteiger partial charge in [0.2, 0.25) is 0 Å². The summed E-state index contributed by atoms with van der Waals surface area (Å²) < 4.78 is 5.42. The summed E-state index contributed by atoms with van der Waals surface area (Å²) in [6.45, 7) is 9.47. The van der Waals surface area contributed by atoms with Crippen LogP contribution in [-0.2, 0) is 4.74 Å². The molecule has 1 N–H and O–H groups in total. The molecule has 0 saturated heterocycles. The van der Waals surface area contributed by atoms with Crippen molar-refractivity contribution >= 4 is 0 Å². The highest BCUT2D eigenvalue weighted by molar-refractivity contribution is 4.68. The standard InChI is InChI=1S/C10H23NO2/c1-8(2)13-7-6-11(5)9(3)10(4)12/h8-10,12H,6-7H2,1-5H3. The lowest BCUT2D eigenvalue weighted by Gasteiger charge is -2.26. The molecule has 0 radical (unpaired) electrons. The molecule has 0 heterocycles. The number of hydrogen-bond donors (Lipinski definition) is 1.